The minimum Gasteiger partial charge on any atom is -0.330 e. The molecular weight excluding hydrogens is 227 g/mol. The predicted octanol–water partition coefficient (Wildman–Crippen LogP) is 2.78. The molecule has 100 valence electrons. The summed E-state index contributed by atoms with van der Waals surface area (Å²) in [6.45, 7) is 1.65. The van der Waals surface area contributed by atoms with E-state index in [4.69, 9.17) is 5.73 Å². The third-order valence-electron chi connectivity index (χ3n) is 4.08. The normalized spacial score (nSPS) is 24.4. The van der Waals surface area contributed by atoms with E-state index in [0.29, 0.717) is 12.0 Å². The Morgan fingerprint density at radius 1 is 1.22 bits per heavy atom. The van der Waals surface area contributed by atoms with Crippen molar-refractivity contribution in [2.75, 3.05) is 13.6 Å². The first-order valence-corrected chi connectivity index (χ1v) is 6.85. The van der Waals surface area contributed by atoms with Gasteiger partial charge in [0, 0.05) is 12.6 Å². The van der Waals surface area contributed by atoms with Crippen molar-refractivity contribution in [3.05, 3.63) is 35.6 Å². The maximum atomic E-state index is 12.9. The molecule has 0 amide bonds. The summed E-state index contributed by atoms with van der Waals surface area (Å²) in [6.07, 6.45) is 5.09. The smallest absolute Gasteiger partial charge is 0.123 e. The Hall–Kier alpha value is -0.930. The van der Waals surface area contributed by atoms with Gasteiger partial charge in [-0.25, -0.2) is 4.39 Å². The van der Waals surface area contributed by atoms with E-state index in [2.05, 4.69) is 11.9 Å². The summed E-state index contributed by atoms with van der Waals surface area (Å²) in [6, 6.07) is 7.38. The summed E-state index contributed by atoms with van der Waals surface area (Å²) < 4.78 is 12.9. The number of rotatable bonds is 4. The second-order valence-electron chi connectivity index (χ2n) is 5.39. The third-order valence-corrected chi connectivity index (χ3v) is 4.08. The van der Waals surface area contributed by atoms with Crippen molar-refractivity contribution in [3.63, 3.8) is 0 Å². The quantitative estimate of drug-likeness (QED) is 0.890. The summed E-state index contributed by atoms with van der Waals surface area (Å²) in [4.78, 5) is 2.38. The summed E-state index contributed by atoms with van der Waals surface area (Å²) in [5.74, 6) is 0.447. The molecule has 0 bridgehead atoms. The molecule has 1 fully saturated rings. The summed E-state index contributed by atoms with van der Waals surface area (Å²) >= 11 is 0. The molecule has 1 aromatic carbocycles. The van der Waals surface area contributed by atoms with Gasteiger partial charge in [0.15, 0.2) is 0 Å². The first-order valence-electron chi connectivity index (χ1n) is 6.85. The van der Waals surface area contributed by atoms with Crippen molar-refractivity contribution in [2.24, 2.45) is 11.7 Å². The van der Waals surface area contributed by atoms with Crippen LogP contribution >= 0.6 is 0 Å². The van der Waals surface area contributed by atoms with Gasteiger partial charge in [0.05, 0.1) is 0 Å². The fraction of sp³-hybridized carbons (Fsp3) is 0.600. The second kappa shape index (κ2) is 6.30. The van der Waals surface area contributed by atoms with E-state index >= 15 is 0 Å². The SMILES string of the molecule is CN(Cc1ccc(F)cc1)C1CCCCC1CN. The molecule has 1 aliphatic rings. The first-order chi connectivity index (χ1) is 8.70. The van der Waals surface area contributed by atoms with Gasteiger partial charge >= 0.3 is 0 Å². The van der Waals surface area contributed by atoms with Crippen molar-refractivity contribution in [1.82, 2.24) is 4.90 Å². The highest BCUT2D eigenvalue weighted by Gasteiger charge is 2.27. The van der Waals surface area contributed by atoms with Crippen LogP contribution in [0, 0.1) is 11.7 Å². The summed E-state index contributed by atoms with van der Waals surface area (Å²) in [5, 5.41) is 0. The average Bonchev–Trinajstić information content (AvgIpc) is 2.41. The molecule has 2 N–H and O–H groups in total. The molecule has 0 radical (unpaired) electrons. The van der Waals surface area contributed by atoms with Crippen molar-refractivity contribution in [1.29, 1.82) is 0 Å². The van der Waals surface area contributed by atoms with Crippen LogP contribution < -0.4 is 5.73 Å². The standard InChI is InChI=1S/C15H23FN2/c1-18(11-12-6-8-14(16)9-7-12)15-5-3-2-4-13(15)10-17/h6-9,13,15H,2-5,10-11,17H2,1H3. The lowest BCUT2D eigenvalue weighted by molar-refractivity contribution is 0.127. The topological polar surface area (TPSA) is 29.3 Å². The van der Waals surface area contributed by atoms with Crippen molar-refractivity contribution >= 4 is 0 Å². The number of benzene rings is 1. The maximum Gasteiger partial charge on any atom is 0.123 e. The van der Waals surface area contributed by atoms with E-state index in [1.807, 2.05) is 12.1 Å². The molecule has 0 spiro atoms. The van der Waals surface area contributed by atoms with Crippen LogP contribution in [-0.2, 0) is 6.54 Å². The largest absolute Gasteiger partial charge is 0.330 e. The molecule has 2 rings (SSSR count). The van der Waals surface area contributed by atoms with Crippen LogP contribution in [0.2, 0.25) is 0 Å². The van der Waals surface area contributed by atoms with Crippen molar-refractivity contribution in [2.45, 2.75) is 38.3 Å². The van der Waals surface area contributed by atoms with E-state index in [-0.39, 0.29) is 5.82 Å². The third kappa shape index (κ3) is 3.30. The average molecular weight is 250 g/mol. The first kappa shape index (κ1) is 13.5. The highest BCUT2D eigenvalue weighted by Crippen LogP contribution is 2.27. The molecule has 1 aliphatic carbocycles. The number of hydrogen-bond acceptors (Lipinski definition) is 2. The maximum absolute atomic E-state index is 12.9. The number of nitrogens with two attached hydrogens (primary N) is 1. The Morgan fingerprint density at radius 2 is 1.89 bits per heavy atom. The van der Waals surface area contributed by atoms with Crippen LogP contribution in [-0.4, -0.2) is 24.5 Å². The van der Waals surface area contributed by atoms with Crippen LogP contribution in [0.4, 0.5) is 4.39 Å². The van der Waals surface area contributed by atoms with Gasteiger partial charge in [0.25, 0.3) is 0 Å². The molecule has 0 aliphatic heterocycles. The number of hydrogen-bond donors (Lipinski definition) is 1. The van der Waals surface area contributed by atoms with Crippen LogP contribution in [0.15, 0.2) is 24.3 Å². The fourth-order valence-electron chi connectivity index (χ4n) is 3.04. The minimum atomic E-state index is -0.168. The van der Waals surface area contributed by atoms with Gasteiger partial charge in [-0.05, 0) is 50.0 Å². The van der Waals surface area contributed by atoms with Gasteiger partial charge in [-0.1, -0.05) is 25.0 Å². The lowest BCUT2D eigenvalue weighted by Gasteiger charge is -2.37. The predicted molar refractivity (Wildman–Crippen MR) is 72.7 cm³/mol. The molecule has 2 atom stereocenters. The molecule has 0 heterocycles. The lowest BCUT2D eigenvalue weighted by atomic mass is 9.83. The molecule has 0 saturated heterocycles. The molecule has 18 heavy (non-hydrogen) atoms. The molecule has 1 aromatic rings. The molecule has 2 unspecified atom stereocenters. The number of nitrogens with zero attached hydrogens (tertiary/aromatic N) is 1. The van der Waals surface area contributed by atoms with Gasteiger partial charge in [-0.15, -0.1) is 0 Å². The van der Waals surface area contributed by atoms with Gasteiger partial charge in [-0.3, -0.25) is 4.90 Å². The summed E-state index contributed by atoms with van der Waals surface area (Å²) in [5.41, 5.74) is 7.04. The zero-order valence-electron chi connectivity index (χ0n) is 11.1. The zero-order valence-corrected chi connectivity index (χ0v) is 11.1. The van der Waals surface area contributed by atoms with Gasteiger partial charge in [0.2, 0.25) is 0 Å². The van der Waals surface area contributed by atoms with E-state index in [0.717, 1.165) is 13.1 Å². The monoisotopic (exact) mass is 250 g/mol. The van der Waals surface area contributed by atoms with Gasteiger partial charge in [-0.2, -0.15) is 0 Å². The van der Waals surface area contributed by atoms with Crippen molar-refractivity contribution < 1.29 is 4.39 Å². The van der Waals surface area contributed by atoms with Crippen LogP contribution in [0.3, 0.4) is 0 Å². The fourth-order valence-corrected chi connectivity index (χ4v) is 3.04. The molecule has 3 heteroatoms. The van der Waals surface area contributed by atoms with E-state index in [1.165, 1.54) is 43.4 Å². The molecule has 0 aromatic heterocycles. The van der Waals surface area contributed by atoms with E-state index in [1.54, 1.807) is 0 Å². The van der Waals surface area contributed by atoms with Crippen LogP contribution in [0.5, 0.6) is 0 Å². The van der Waals surface area contributed by atoms with Crippen molar-refractivity contribution in [3.8, 4) is 0 Å². The zero-order chi connectivity index (χ0) is 13.0. The highest BCUT2D eigenvalue weighted by molar-refractivity contribution is 5.16. The number of halogens is 1. The Labute approximate surface area is 109 Å². The molecule has 1 saturated carbocycles. The lowest BCUT2D eigenvalue weighted by Crippen LogP contribution is -2.42. The molecular formula is C15H23FN2. The van der Waals surface area contributed by atoms with E-state index in [9.17, 15) is 4.39 Å². The van der Waals surface area contributed by atoms with Crippen LogP contribution in [0.25, 0.3) is 0 Å². The van der Waals surface area contributed by atoms with Gasteiger partial charge in [0.1, 0.15) is 5.82 Å². The summed E-state index contributed by atoms with van der Waals surface area (Å²) in [7, 11) is 2.15. The minimum absolute atomic E-state index is 0.168. The van der Waals surface area contributed by atoms with Crippen LogP contribution in [0.1, 0.15) is 31.2 Å². The second-order valence-corrected chi connectivity index (χ2v) is 5.39. The Bertz CT molecular complexity index is 363. The molecule has 2 nitrogen and oxygen atoms in total. The van der Waals surface area contributed by atoms with Gasteiger partial charge < -0.3 is 5.73 Å². The van der Waals surface area contributed by atoms with E-state index < -0.39 is 0 Å². The Kier molecular flexibility index (Phi) is 4.72. The Morgan fingerprint density at radius 3 is 2.56 bits per heavy atom. The Balaban J connectivity index is 1.97. The highest BCUT2D eigenvalue weighted by atomic mass is 19.1.